The van der Waals surface area contributed by atoms with Crippen molar-refractivity contribution in [3.8, 4) is 5.75 Å². The molecule has 2 aromatic rings. The van der Waals surface area contributed by atoms with Crippen molar-refractivity contribution < 1.29 is 9.84 Å². The van der Waals surface area contributed by atoms with Gasteiger partial charge in [-0.05, 0) is 64.9 Å². The first-order valence-corrected chi connectivity index (χ1v) is 6.95. The molecule has 2 aromatic carbocycles. The fourth-order valence-corrected chi connectivity index (χ4v) is 2.38. The van der Waals surface area contributed by atoms with Gasteiger partial charge in [-0.25, -0.2) is 0 Å². The molecule has 0 amide bonds. The van der Waals surface area contributed by atoms with Gasteiger partial charge in [0, 0.05) is 3.57 Å². The molecule has 0 saturated carbocycles. The van der Waals surface area contributed by atoms with Gasteiger partial charge in [-0.2, -0.15) is 0 Å². The molecule has 2 rings (SSSR count). The lowest BCUT2D eigenvalue weighted by Crippen LogP contribution is -2.01. The minimum Gasteiger partial charge on any atom is -0.494 e. The molecule has 0 aliphatic carbocycles. The number of rotatable bonds is 4. The van der Waals surface area contributed by atoms with E-state index in [-0.39, 0.29) is 0 Å². The predicted molar refractivity (Wildman–Crippen MR) is 80.8 cm³/mol. The van der Waals surface area contributed by atoms with Gasteiger partial charge >= 0.3 is 0 Å². The summed E-state index contributed by atoms with van der Waals surface area (Å²) in [4.78, 5) is 0. The number of benzene rings is 2. The van der Waals surface area contributed by atoms with Crippen LogP contribution >= 0.6 is 22.6 Å². The van der Waals surface area contributed by atoms with E-state index in [2.05, 4.69) is 22.6 Å². The van der Waals surface area contributed by atoms with E-state index in [9.17, 15) is 5.11 Å². The van der Waals surface area contributed by atoms with Crippen LogP contribution in [-0.4, -0.2) is 11.7 Å². The maximum atomic E-state index is 10.4. The zero-order valence-electron chi connectivity index (χ0n) is 10.1. The maximum absolute atomic E-state index is 10.4. The summed E-state index contributed by atoms with van der Waals surface area (Å²) in [6.07, 6.45) is -0.611. The van der Waals surface area contributed by atoms with E-state index in [1.807, 2.05) is 55.5 Å². The Hall–Kier alpha value is -1.07. The Kier molecular flexibility index (Phi) is 4.60. The molecule has 0 heterocycles. The molecule has 0 spiro atoms. The average molecular weight is 354 g/mol. The van der Waals surface area contributed by atoms with Crippen molar-refractivity contribution in [2.75, 3.05) is 6.61 Å². The highest BCUT2D eigenvalue weighted by Gasteiger charge is 2.11. The first-order chi connectivity index (χ1) is 8.70. The molecule has 2 nitrogen and oxygen atoms in total. The van der Waals surface area contributed by atoms with Crippen molar-refractivity contribution in [1.29, 1.82) is 0 Å². The Labute approximate surface area is 121 Å². The van der Waals surface area contributed by atoms with E-state index >= 15 is 0 Å². The summed E-state index contributed by atoms with van der Waals surface area (Å²) in [5.41, 5.74) is 1.75. The van der Waals surface area contributed by atoms with Crippen LogP contribution in [0.25, 0.3) is 0 Å². The van der Waals surface area contributed by atoms with Crippen molar-refractivity contribution in [1.82, 2.24) is 0 Å². The summed E-state index contributed by atoms with van der Waals surface area (Å²) in [6.45, 7) is 2.57. The van der Waals surface area contributed by atoms with Crippen LogP contribution in [0.5, 0.6) is 5.75 Å². The molecule has 0 aliphatic rings. The van der Waals surface area contributed by atoms with Crippen LogP contribution in [-0.2, 0) is 0 Å². The van der Waals surface area contributed by atoms with Crippen LogP contribution in [0.4, 0.5) is 0 Å². The number of aliphatic hydroxyl groups is 1. The molecule has 0 fully saturated rings. The Morgan fingerprint density at radius 1 is 1.11 bits per heavy atom. The summed E-state index contributed by atoms with van der Waals surface area (Å²) in [5, 5.41) is 10.4. The second-order valence-corrected chi connectivity index (χ2v) is 5.21. The largest absolute Gasteiger partial charge is 0.494 e. The Morgan fingerprint density at radius 2 is 1.78 bits per heavy atom. The third kappa shape index (κ3) is 3.23. The van der Waals surface area contributed by atoms with Gasteiger partial charge in [-0.15, -0.1) is 0 Å². The van der Waals surface area contributed by atoms with Crippen LogP contribution in [0.1, 0.15) is 24.2 Å². The lowest BCUT2D eigenvalue weighted by atomic mass is 10.0. The van der Waals surface area contributed by atoms with Gasteiger partial charge in [0.05, 0.1) is 6.61 Å². The molecular formula is C15H15IO2. The van der Waals surface area contributed by atoms with Crippen molar-refractivity contribution in [2.45, 2.75) is 13.0 Å². The third-order valence-corrected chi connectivity index (χ3v) is 3.32. The molecule has 0 aromatic heterocycles. The number of hydrogen-bond acceptors (Lipinski definition) is 2. The molecule has 1 atom stereocenters. The Balaban J connectivity index is 2.27. The number of ether oxygens (including phenoxy) is 1. The molecule has 94 valence electrons. The van der Waals surface area contributed by atoms with E-state index < -0.39 is 6.10 Å². The van der Waals surface area contributed by atoms with Crippen molar-refractivity contribution in [3.63, 3.8) is 0 Å². The molecule has 0 bridgehead atoms. The number of hydrogen-bond donors (Lipinski definition) is 1. The Bertz CT molecular complexity index is 525. The molecule has 1 unspecified atom stereocenters. The average Bonchev–Trinajstić information content (AvgIpc) is 2.39. The second-order valence-electron chi connectivity index (χ2n) is 3.96. The third-order valence-electron chi connectivity index (χ3n) is 2.65. The van der Waals surface area contributed by atoms with E-state index in [1.165, 1.54) is 0 Å². The standard InChI is InChI=1S/C15H15IO2/c1-2-18-14-8-4-6-12(10-14)15(17)11-5-3-7-13(16)9-11/h3-10,15,17H,2H2,1H3. The van der Waals surface area contributed by atoms with Crippen molar-refractivity contribution in [3.05, 3.63) is 63.2 Å². The smallest absolute Gasteiger partial charge is 0.119 e. The summed E-state index contributed by atoms with van der Waals surface area (Å²) in [5.74, 6) is 0.791. The molecule has 18 heavy (non-hydrogen) atoms. The zero-order valence-corrected chi connectivity index (χ0v) is 12.3. The number of aliphatic hydroxyl groups excluding tert-OH is 1. The normalized spacial score (nSPS) is 12.2. The molecule has 0 saturated heterocycles. The molecular weight excluding hydrogens is 339 g/mol. The first kappa shape index (κ1) is 13.4. The monoisotopic (exact) mass is 354 g/mol. The molecule has 1 N–H and O–H groups in total. The van der Waals surface area contributed by atoms with Gasteiger partial charge in [-0.3, -0.25) is 0 Å². The lowest BCUT2D eigenvalue weighted by Gasteiger charge is -2.13. The van der Waals surface area contributed by atoms with E-state index in [0.717, 1.165) is 20.4 Å². The quantitative estimate of drug-likeness (QED) is 0.847. The SMILES string of the molecule is CCOc1cccc(C(O)c2cccc(I)c2)c1. The van der Waals surface area contributed by atoms with Crippen LogP contribution in [0.3, 0.4) is 0 Å². The van der Waals surface area contributed by atoms with E-state index in [0.29, 0.717) is 6.61 Å². The highest BCUT2D eigenvalue weighted by Crippen LogP contribution is 2.25. The van der Waals surface area contributed by atoms with Crippen LogP contribution in [0, 0.1) is 3.57 Å². The van der Waals surface area contributed by atoms with Crippen molar-refractivity contribution in [2.24, 2.45) is 0 Å². The second kappa shape index (κ2) is 6.20. The summed E-state index contributed by atoms with van der Waals surface area (Å²) < 4.78 is 6.56. The van der Waals surface area contributed by atoms with Gasteiger partial charge in [0.25, 0.3) is 0 Å². The van der Waals surface area contributed by atoms with Gasteiger partial charge in [-0.1, -0.05) is 24.3 Å². The van der Waals surface area contributed by atoms with Gasteiger partial charge in [0.15, 0.2) is 0 Å². The summed E-state index contributed by atoms with van der Waals surface area (Å²) in [6, 6.07) is 15.5. The minimum absolute atomic E-state index is 0.611. The molecule has 0 aliphatic heterocycles. The highest BCUT2D eigenvalue weighted by atomic mass is 127. The lowest BCUT2D eigenvalue weighted by molar-refractivity contribution is 0.219. The fourth-order valence-electron chi connectivity index (χ4n) is 1.81. The predicted octanol–water partition coefficient (Wildman–Crippen LogP) is 3.77. The van der Waals surface area contributed by atoms with Gasteiger partial charge < -0.3 is 9.84 Å². The number of halogens is 1. The van der Waals surface area contributed by atoms with Crippen LogP contribution in [0.15, 0.2) is 48.5 Å². The van der Waals surface area contributed by atoms with E-state index in [4.69, 9.17) is 4.74 Å². The maximum Gasteiger partial charge on any atom is 0.119 e. The van der Waals surface area contributed by atoms with Crippen molar-refractivity contribution >= 4 is 22.6 Å². The van der Waals surface area contributed by atoms with Crippen LogP contribution < -0.4 is 4.74 Å². The van der Waals surface area contributed by atoms with Crippen LogP contribution in [0.2, 0.25) is 0 Å². The van der Waals surface area contributed by atoms with E-state index in [1.54, 1.807) is 0 Å². The van der Waals surface area contributed by atoms with Gasteiger partial charge in [0.2, 0.25) is 0 Å². The molecule has 3 heteroatoms. The highest BCUT2D eigenvalue weighted by molar-refractivity contribution is 14.1. The zero-order chi connectivity index (χ0) is 13.0. The molecule has 0 radical (unpaired) electrons. The summed E-state index contributed by atoms with van der Waals surface area (Å²) >= 11 is 2.24. The van der Waals surface area contributed by atoms with Gasteiger partial charge in [0.1, 0.15) is 11.9 Å². The first-order valence-electron chi connectivity index (χ1n) is 5.87. The topological polar surface area (TPSA) is 29.5 Å². The minimum atomic E-state index is -0.611. The Morgan fingerprint density at radius 3 is 2.44 bits per heavy atom. The fraction of sp³-hybridized carbons (Fsp3) is 0.200. The summed E-state index contributed by atoms with van der Waals surface area (Å²) in [7, 11) is 0.